The zero-order valence-electron chi connectivity index (χ0n) is 40.0. The van der Waals surface area contributed by atoms with Gasteiger partial charge in [-0.2, -0.15) is 0 Å². The Bertz CT molecular complexity index is 1280. The fraction of sp³-hybridized carbons (Fsp3) is 0.643. The highest BCUT2D eigenvalue weighted by Gasteiger charge is 2.23. The van der Waals surface area contributed by atoms with Crippen LogP contribution in [-0.2, 0) is 14.3 Å². The standard InChI is InChI=1S/C56H93NO5/c1-4-7-10-13-16-19-22-25-27-30-32-35-38-41-44-47-52(62-56(61)49-46-43-40-37-34-31-28-26-23-20-17-14-11-8-5-2)50-55(60)57-53(51-58)54(59)48-45-42-39-36-33-29-24-21-18-15-12-9-6-3/h7-8,10-11,14,16-17,19-20,23,25-28,32,35,41,44,52-54,58-59H,4-6,9,12-13,15,18,21-22,24,29-31,33-34,36-40,42-43,45-51H2,1-3H3,(H,57,60)/b10-7-,11-8+,17-14+,19-16-,23-20+,27-25-,28-26-,35-32-,44-41-. The zero-order chi connectivity index (χ0) is 45.2. The molecule has 0 saturated heterocycles. The predicted octanol–water partition coefficient (Wildman–Crippen LogP) is 15.1. The van der Waals surface area contributed by atoms with Crippen LogP contribution in [0.25, 0.3) is 0 Å². The lowest BCUT2D eigenvalue weighted by molar-refractivity contribution is -0.150. The largest absolute Gasteiger partial charge is 0.461 e. The van der Waals surface area contributed by atoms with Gasteiger partial charge < -0.3 is 20.3 Å². The molecule has 0 aliphatic carbocycles. The summed E-state index contributed by atoms with van der Waals surface area (Å²) in [4.78, 5) is 26.1. The number of esters is 1. The Kier molecular flexibility index (Phi) is 45.8. The summed E-state index contributed by atoms with van der Waals surface area (Å²) < 4.78 is 5.85. The molecule has 0 fully saturated rings. The third kappa shape index (κ3) is 43.2. The average Bonchev–Trinajstić information content (AvgIpc) is 3.26. The molecule has 6 heteroatoms. The second-order valence-electron chi connectivity index (χ2n) is 16.6. The molecule has 3 N–H and O–H groups in total. The van der Waals surface area contributed by atoms with Crippen molar-refractivity contribution in [2.75, 3.05) is 6.61 Å². The van der Waals surface area contributed by atoms with Gasteiger partial charge in [-0.15, -0.1) is 0 Å². The lowest BCUT2D eigenvalue weighted by atomic mass is 10.0. The first-order chi connectivity index (χ1) is 30.5. The maximum absolute atomic E-state index is 13.2. The summed E-state index contributed by atoms with van der Waals surface area (Å²) in [5.74, 6) is -0.617. The summed E-state index contributed by atoms with van der Waals surface area (Å²) in [5, 5.41) is 23.7. The summed E-state index contributed by atoms with van der Waals surface area (Å²) in [6.07, 6.45) is 65.9. The van der Waals surface area contributed by atoms with Gasteiger partial charge in [0.05, 0.1) is 25.2 Å². The van der Waals surface area contributed by atoms with Gasteiger partial charge in [-0.1, -0.05) is 233 Å². The van der Waals surface area contributed by atoms with Gasteiger partial charge in [-0.05, 0) is 64.2 Å². The molecule has 1 amide bonds. The lowest BCUT2D eigenvalue weighted by Gasteiger charge is -2.24. The Balaban J connectivity index is 4.79. The van der Waals surface area contributed by atoms with Gasteiger partial charge in [-0.25, -0.2) is 0 Å². The normalized spacial score (nSPS) is 14.2. The van der Waals surface area contributed by atoms with Crippen molar-refractivity contribution >= 4 is 11.9 Å². The number of aliphatic hydroxyl groups excluding tert-OH is 2. The van der Waals surface area contributed by atoms with E-state index in [1.165, 1.54) is 64.2 Å². The quantitative estimate of drug-likeness (QED) is 0.0246. The first-order valence-electron chi connectivity index (χ1n) is 25.2. The molecule has 0 aromatic carbocycles. The van der Waals surface area contributed by atoms with Crippen molar-refractivity contribution < 1.29 is 24.5 Å². The molecular weight excluding hydrogens is 767 g/mol. The fourth-order valence-electron chi connectivity index (χ4n) is 6.93. The van der Waals surface area contributed by atoms with Crippen LogP contribution in [0.1, 0.15) is 207 Å². The Labute approximate surface area is 381 Å². The van der Waals surface area contributed by atoms with E-state index >= 15 is 0 Å². The molecular formula is C56H93NO5. The highest BCUT2D eigenvalue weighted by molar-refractivity contribution is 5.77. The number of carbonyl (C=O) groups excluding carboxylic acids is 2. The Morgan fingerprint density at radius 3 is 1.50 bits per heavy atom. The van der Waals surface area contributed by atoms with Crippen molar-refractivity contribution in [1.29, 1.82) is 0 Å². The van der Waals surface area contributed by atoms with Crippen LogP contribution in [0.4, 0.5) is 0 Å². The number of aliphatic hydroxyl groups is 2. The molecule has 0 aromatic heterocycles. The molecule has 3 atom stereocenters. The van der Waals surface area contributed by atoms with Crippen LogP contribution in [0.5, 0.6) is 0 Å². The van der Waals surface area contributed by atoms with E-state index in [1.807, 2.05) is 30.4 Å². The second-order valence-corrected chi connectivity index (χ2v) is 16.6. The number of unbranched alkanes of at least 4 members (excludes halogenated alkanes) is 17. The minimum Gasteiger partial charge on any atom is -0.461 e. The summed E-state index contributed by atoms with van der Waals surface area (Å²) >= 11 is 0. The van der Waals surface area contributed by atoms with Crippen molar-refractivity contribution in [3.63, 3.8) is 0 Å². The summed E-state index contributed by atoms with van der Waals surface area (Å²) in [5.41, 5.74) is 0. The van der Waals surface area contributed by atoms with Crippen LogP contribution >= 0.6 is 0 Å². The van der Waals surface area contributed by atoms with Gasteiger partial charge in [0.1, 0.15) is 6.10 Å². The molecule has 0 radical (unpaired) electrons. The van der Waals surface area contributed by atoms with E-state index in [1.54, 1.807) is 0 Å². The van der Waals surface area contributed by atoms with Gasteiger partial charge >= 0.3 is 5.97 Å². The molecule has 62 heavy (non-hydrogen) atoms. The third-order valence-electron chi connectivity index (χ3n) is 10.7. The summed E-state index contributed by atoms with van der Waals surface area (Å²) in [7, 11) is 0. The van der Waals surface area contributed by atoms with Gasteiger partial charge in [0.25, 0.3) is 0 Å². The maximum Gasteiger partial charge on any atom is 0.306 e. The van der Waals surface area contributed by atoms with Crippen LogP contribution in [0, 0.1) is 0 Å². The zero-order valence-corrected chi connectivity index (χ0v) is 40.0. The molecule has 6 nitrogen and oxygen atoms in total. The Morgan fingerprint density at radius 2 is 0.968 bits per heavy atom. The monoisotopic (exact) mass is 860 g/mol. The van der Waals surface area contributed by atoms with Gasteiger partial charge in [0.2, 0.25) is 5.91 Å². The van der Waals surface area contributed by atoms with Gasteiger partial charge in [0, 0.05) is 12.8 Å². The molecule has 3 unspecified atom stereocenters. The van der Waals surface area contributed by atoms with Crippen LogP contribution in [0.3, 0.4) is 0 Å². The molecule has 0 spiro atoms. The lowest BCUT2D eigenvalue weighted by Crippen LogP contribution is -2.46. The minimum atomic E-state index is -0.822. The fourth-order valence-corrected chi connectivity index (χ4v) is 6.93. The Hall–Kier alpha value is -3.48. The minimum absolute atomic E-state index is 0.0170. The van der Waals surface area contributed by atoms with Gasteiger partial charge in [0.15, 0.2) is 0 Å². The van der Waals surface area contributed by atoms with Gasteiger partial charge in [-0.3, -0.25) is 9.59 Å². The molecule has 352 valence electrons. The summed E-state index contributed by atoms with van der Waals surface area (Å²) in [6, 6.07) is -0.744. The molecule has 0 aliphatic heterocycles. The molecule has 0 aromatic rings. The van der Waals surface area contributed by atoms with Crippen LogP contribution in [0.2, 0.25) is 0 Å². The van der Waals surface area contributed by atoms with E-state index < -0.39 is 18.2 Å². The molecule has 0 bridgehead atoms. The third-order valence-corrected chi connectivity index (χ3v) is 10.7. The van der Waals surface area contributed by atoms with Crippen molar-refractivity contribution in [2.24, 2.45) is 0 Å². The Morgan fingerprint density at radius 1 is 0.516 bits per heavy atom. The van der Waals surface area contributed by atoms with E-state index in [4.69, 9.17) is 4.74 Å². The number of ether oxygens (including phenoxy) is 1. The van der Waals surface area contributed by atoms with Crippen molar-refractivity contribution in [2.45, 2.75) is 225 Å². The van der Waals surface area contributed by atoms with Crippen molar-refractivity contribution in [3.05, 3.63) is 109 Å². The topological polar surface area (TPSA) is 95.9 Å². The first kappa shape index (κ1) is 58.5. The molecule has 0 rings (SSSR count). The number of nitrogens with one attached hydrogen (secondary N) is 1. The SMILES string of the molecule is CC/C=C\C/C=C\C/C=C\C/C=C\C/C=C\CC(CC(=O)NC(CO)C(O)CCCCCCCCCCCCCCC)OC(=O)CCCCCCC\C=C/C=C/C=C/C=C/CC. The average molecular weight is 860 g/mol. The smallest absolute Gasteiger partial charge is 0.306 e. The molecule has 0 heterocycles. The van der Waals surface area contributed by atoms with Crippen molar-refractivity contribution in [1.82, 2.24) is 5.32 Å². The van der Waals surface area contributed by atoms with E-state index in [0.29, 0.717) is 19.3 Å². The number of amides is 1. The number of carbonyl (C=O) groups is 2. The summed E-state index contributed by atoms with van der Waals surface area (Å²) in [6.45, 7) is 6.18. The highest BCUT2D eigenvalue weighted by atomic mass is 16.5. The van der Waals surface area contributed by atoms with Crippen molar-refractivity contribution in [3.8, 4) is 0 Å². The number of rotatable bonds is 43. The van der Waals surface area contributed by atoms with Crippen LogP contribution in [0.15, 0.2) is 109 Å². The number of hydrogen-bond acceptors (Lipinski definition) is 5. The maximum atomic E-state index is 13.2. The highest BCUT2D eigenvalue weighted by Crippen LogP contribution is 2.16. The van der Waals surface area contributed by atoms with E-state index in [2.05, 4.69) is 105 Å². The van der Waals surface area contributed by atoms with E-state index in [9.17, 15) is 19.8 Å². The number of hydrogen-bond donors (Lipinski definition) is 3. The molecule has 0 saturated carbocycles. The predicted molar refractivity (Wildman–Crippen MR) is 268 cm³/mol. The second kappa shape index (κ2) is 48.6. The van der Waals surface area contributed by atoms with Crippen LogP contribution < -0.4 is 5.32 Å². The van der Waals surface area contributed by atoms with E-state index in [-0.39, 0.29) is 24.9 Å². The molecule has 0 aliphatic rings. The first-order valence-corrected chi connectivity index (χ1v) is 25.2. The van der Waals surface area contributed by atoms with Crippen LogP contribution in [-0.4, -0.2) is 46.9 Å². The number of allylic oxidation sites excluding steroid dienone is 17. The van der Waals surface area contributed by atoms with E-state index in [0.717, 1.165) is 96.3 Å².